The van der Waals surface area contributed by atoms with Crippen LogP contribution in [-0.4, -0.2) is 28.9 Å². The van der Waals surface area contributed by atoms with E-state index in [1.165, 1.54) is 24.3 Å². The highest BCUT2D eigenvalue weighted by molar-refractivity contribution is 6.09. The molecule has 1 N–H and O–H groups in total. The van der Waals surface area contributed by atoms with Crippen molar-refractivity contribution in [1.82, 2.24) is 0 Å². The molecule has 0 fully saturated rings. The smallest absolute Gasteiger partial charge is 0.338 e. The van der Waals surface area contributed by atoms with Crippen molar-refractivity contribution in [2.45, 2.75) is 26.4 Å². The van der Waals surface area contributed by atoms with Gasteiger partial charge in [0.1, 0.15) is 0 Å². The molecule has 0 bridgehead atoms. The van der Waals surface area contributed by atoms with Crippen molar-refractivity contribution in [3.63, 3.8) is 0 Å². The zero-order valence-electron chi connectivity index (χ0n) is 13.5. The van der Waals surface area contributed by atoms with Gasteiger partial charge in [-0.3, -0.25) is 4.79 Å². The van der Waals surface area contributed by atoms with Crippen molar-refractivity contribution in [1.29, 1.82) is 0 Å². The zero-order valence-corrected chi connectivity index (χ0v) is 13.5. The number of hydrogen-bond donors (Lipinski definition) is 1. The lowest BCUT2D eigenvalue weighted by molar-refractivity contribution is 0.0334. The average molecular weight is 326 g/mol. The van der Waals surface area contributed by atoms with Crippen LogP contribution in [0.3, 0.4) is 0 Å². The number of esters is 1. The van der Waals surface area contributed by atoms with E-state index in [1.807, 2.05) is 13.8 Å². The number of hydrogen-bond acceptors (Lipinski definition) is 4. The van der Waals surface area contributed by atoms with E-state index >= 15 is 0 Å². The first kappa shape index (κ1) is 17.4. The minimum atomic E-state index is -1.04. The van der Waals surface area contributed by atoms with Crippen LogP contribution in [0.25, 0.3) is 0 Å². The summed E-state index contributed by atoms with van der Waals surface area (Å²) in [5.74, 6) is -1.71. The molecule has 0 heterocycles. The highest BCUT2D eigenvalue weighted by atomic mass is 16.5. The van der Waals surface area contributed by atoms with Crippen LogP contribution < -0.4 is 0 Å². The number of ketones is 1. The van der Waals surface area contributed by atoms with E-state index < -0.39 is 11.9 Å². The molecule has 1 unspecified atom stereocenters. The molecule has 0 saturated carbocycles. The number of carbonyl (C=O) groups excluding carboxylic acids is 2. The van der Waals surface area contributed by atoms with Crippen molar-refractivity contribution >= 4 is 17.7 Å². The Balaban J connectivity index is 2.13. The second-order valence-corrected chi connectivity index (χ2v) is 5.41. The summed E-state index contributed by atoms with van der Waals surface area (Å²) in [6.45, 7) is 3.74. The molecule has 5 nitrogen and oxygen atoms in total. The summed E-state index contributed by atoms with van der Waals surface area (Å²) in [7, 11) is 0. The van der Waals surface area contributed by atoms with E-state index in [2.05, 4.69) is 0 Å². The molecule has 0 aliphatic heterocycles. The molecule has 0 aromatic heterocycles. The van der Waals surface area contributed by atoms with Crippen LogP contribution in [0.15, 0.2) is 48.5 Å². The van der Waals surface area contributed by atoms with Gasteiger partial charge in [0, 0.05) is 11.1 Å². The van der Waals surface area contributed by atoms with Gasteiger partial charge in [-0.15, -0.1) is 0 Å². The first-order valence-corrected chi connectivity index (χ1v) is 7.61. The molecule has 2 aromatic carbocycles. The highest BCUT2D eigenvalue weighted by Crippen LogP contribution is 2.14. The van der Waals surface area contributed by atoms with Gasteiger partial charge in [0.25, 0.3) is 0 Å². The third kappa shape index (κ3) is 4.07. The van der Waals surface area contributed by atoms with Crippen molar-refractivity contribution in [2.75, 3.05) is 0 Å². The summed E-state index contributed by atoms with van der Waals surface area (Å²) in [5.41, 5.74) is 1.30. The second kappa shape index (κ2) is 7.55. The van der Waals surface area contributed by atoms with Gasteiger partial charge in [-0.25, -0.2) is 9.59 Å². The second-order valence-electron chi connectivity index (χ2n) is 5.41. The van der Waals surface area contributed by atoms with Crippen molar-refractivity contribution in [3.05, 3.63) is 70.8 Å². The number of rotatable bonds is 6. The van der Waals surface area contributed by atoms with Crippen LogP contribution in [0.1, 0.15) is 56.9 Å². The third-order valence-electron chi connectivity index (χ3n) is 3.66. The number of carboxylic acids is 1. The Hall–Kier alpha value is -2.95. The summed E-state index contributed by atoms with van der Waals surface area (Å²) < 4.78 is 5.23. The van der Waals surface area contributed by atoms with Gasteiger partial charge in [-0.05, 0) is 37.6 Å². The monoisotopic (exact) mass is 326 g/mol. The highest BCUT2D eigenvalue weighted by Gasteiger charge is 2.14. The molecule has 2 rings (SSSR count). The summed E-state index contributed by atoms with van der Waals surface area (Å²) in [6.07, 6.45) is 0.570. The Morgan fingerprint density at radius 3 is 1.71 bits per heavy atom. The standard InChI is InChI=1S/C19H18O5/c1-3-12(2)24-19(23)16-10-6-14(7-11-16)17(20)13-4-8-15(9-5-13)18(21)22/h4-12H,3H2,1-2H3,(H,21,22). The number of carbonyl (C=O) groups is 3. The predicted octanol–water partition coefficient (Wildman–Crippen LogP) is 3.57. The maximum Gasteiger partial charge on any atom is 0.338 e. The Bertz CT molecular complexity index is 744. The molecule has 0 aliphatic rings. The fourth-order valence-electron chi connectivity index (χ4n) is 2.02. The van der Waals surface area contributed by atoms with Gasteiger partial charge < -0.3 is 9.84 Å². The van der Waals surface area contributed by atoms with Crippen molar-refractivity contribution in [2.24, 2.45) is 0 Å². The van der Waals surface area contributed by atoms with Crippen LogP contribution in [-0.2, 0) is 4.74 Å². The van der Waals surface area contributed by atoms with E-state index in [4.69, 9.17) is 9.84 Å². The summed E-state index contributed by atoms with van der Waals surface area (Å²) >= 11 is 0. The fraction of sp³-hybridized carbons (Fsp3) is 0.211. The van der Waals surface area contributed by atoms with E-state index in [0.717, 1.165) is 6.42 Å². The van der Waals surface area contributed by atoms with E-state index in [1.54, 1.807) is 24.3 Å². The first-order valence-electron chi connectivity index (χ1n) is 7.61. The number of ether oxygens (including phenoxy) is 1. The minimum Gasteiger partial charge on any atom is -0.478 e. The van der Waals surface area contributed by atoms with Crippen LogP contribution in [0.5, 0.6) is 0 Å². The molecule has 1 atom stereocenters. The van der Waals surface area contributed by atoms with Gasteiger partial charge >= 0.3 is 11.9 Å². The molecule has 0 saturated heterocycles. The van der Waals surface area contributed by atoms with Crippen molar-refractivity contribution in [3.8, 4) is 0 Å². The Labute approximate surface area is 139 Å². The summed E-state index contributed by atoms with van der Waals surface area (Å²) in [6, 6.07) is 11.9. The van der Waals surface area contributed by atoms with Crippen LogP contribution in [0, 0.1) is 0 Å². The SMILES string of the molecule is CCC(C)OC(=O)c1ccc(C(=O)c2ccc(C(=O)O)cc2)cc1. The maximum absolute atomic E-state index is 12.4. The molecule has 0 aliphatic carbocycles. The lowest BCUT2D eigenvalue weighted by Gasteiger charge is -2.10. The summed E-state index contributed by atoms with van der Waals surface area (Å²) in [5, 5.41) is 8.87. The quantitative estimate of drug-likeness (QED) is 0.648. The first-order chi connectivity index (χ1) is 11.4. The number of benzene rings is 2. The molecular weight excluding hydrogens is 308 g/mol. The van der Waals surface area contributed by atoms with E-state index in [-0.39, 0.29) is 17.5 Å². The Morgan fingerprint density at radius 1 is 0.875 bits per heavy atom. The normalized spacial score (nSPS) is 11.6. The molecule has 2 aromatic rings. The van der Waals surface area contributed by atoms with Gasteiger partial charge in [0.2, 0.25) is 0 Å². The fourth-order valence-corrected chi connectivity index (χ4v) is 2.02. The predicted molar refractivity (Wildman–Crippen MR) is 88.4 cm³/mol. The minimum absolute atomic E-state index is 0.120. The number of aromatic carboxylic acids is 1. The van der Waals surface area contributed by atoms with Crippen LogP contribution in [0.2, 0.25) is 0 Å². The van der Waals surface area contributed by atoms with Crippen LogP contribution >= 0.6 is 0 Å². The molecule has 0 spiro atoms. The lowest BCUT2D eigenvalue weighted by atomic mass is 10.0. The molecule has 24 heavy (non-hydrogen) atoms. The Morgan fingerprint density at radius 2 is 1.29 bits per heavy atom. The van der Waals surface area contributed by atoms with Gasteiger partial charge in [0.15, 0.2) is 5.78 Å². The van der Waals surface area contributed by atoms with Gasteiger partial charge in [0.05, 0.1) is 17.2 Å². The summed E-state index contributed by atoms with van der Waals surface area (Å²) in [4.78, 5) is 35.1. The largest absolute Gasteiger partial charge is 0.478 e. The molecular formula is C19H18O5. The molecule has 5 heteroatoms. The molecule has 0 amide bonds. The zero-order chi connectivity index (χ0) is 17.7. The van der Waals surface area contributed by atoms with Crippen molar-refractivity contribution < 1.29 is 24.2 Å². The van der Waals surface area contributed by atoms with Gasteiger partial charge in [-0.2, -0.15) is 0 Å². The van der Waals surface area contributed by atoms with Gasteiger partial charge in [-0.1, -0.05) is 31.2 Å². The Kier molecular flexibility index (Phi) is 5.47. The topological polar surface area (TPSA) is 80.7 Å². The molecule has 124 valence electrons. The lowest BCUT2D eigenvalue weighted by Crippen LogP contribution is -2.14. The maximum atomic E-state index is 12.4. The molecule has 0 radical (unpaired) electrons. The average Bonchev–Trinajstić information content (AvgIpc) is 2.61. The number of carboxylic acid groups (broad SMARTS) is 1. The van der Waals surface area contributed by atoms with E-state index in [9.17, 15) is 14.4 Å². The third-order valence-corrected chi connectivity index (χ3v) is 3.66. The van der Waals surface area contributed by atoms with Crippen LogP contribution in [0.4, 0.5) is 0 Å². The van der Waals surface area contributed by atoms with E-state index in [0.29, 0.717) is 16.7 Å².